The standard InChI is InChI=1S/C22H22/c1-2-3-11-19-16-10-17-21(18-12-6-4-7-13-18)22(19)20-14-8-5-9-15-20/h4-10,12-17H,2-3,11H2,1H3. The number of rotatable bonds is 5. The zero-order chi connectivity index (χ0) is 15.2. The maximum atomic E-state index is 2.28. The molecule has 3 rings (SSSR count). The first kappa shape index (κ1) is 14.6. The van der Waals surface area contributed by atoms with E-state index in [9.17, 15) is 0 Å². The van der Waals surface area contributed by atoms with Gasteiger partial charge in [0.1, 0.15) is 0 Å². The molecule has 0 spiro atoms. The summed E-state index contributed by atoms with van der Waals surface area (Å²) in [5.41, 5.74) is 6.78. The monoisotopic (exact) mass is 286 g/mol. The third-order valence-corrected chi connectivity index (χ3v) is 4.10. The van der Waals surface area contributed by atoms with Crippen molar-refractivity contribution in [1.82, 2.24) is 0 Å². The Morgan fingerprint density at radius 3 is 1.91 bits per heavy atom. The molecule has 0 amide bonds. The first-order valence-corrected chi connectivity index (χ1v) is 8.13. The predicted molar refractivity (Wildman–Crippen MR) is 95.9 cm³/mol. The molecule has 0 atom stereocenters. The van der Waals surface area contributed by atoms with Crippen LogP contribution in [-0.4, -0.2) is 0 Å². The summed E-state index contributed by atoms with van der Waals surface area (Å²) in [4.78, 5) is 0. The van der Waals surface area contributed by atoms with Crippen LogP contribution in [0.1, 0.15) is 25.3 Å². The van der Waals surface area contributed by atoms with Crippen molar-refractivity contribution in [3.05, 3.63) is 84.4 Å². The van der Waals surface area contributed by atoms with Gasteiger partial charge in [-0.15, -0.1) is 0 Å². The molecule has 3 aromatic carbocycles. The van der Waals surface area contributed by atoms with Gasteiger partial charge in [0, 0.05) is 0 Å². The van der Waals surface area contributed by atoms with Gasteiger partial charge in [-0.25, -0.2) is 0 Å². The fourth-order valence-electron chi connectivity index (χ4n) is 2.98. The van der Waals surface area contributed by atoms with Crippen molar-refractivity contribution in [2.24, 2.45) is 0 Å². The fourth-order valence-corrected chi connectivity index (χ4v) is 2.98. The second kappa shape index (κ2) is 7.09. The molecule has 0 radical (unpaired) electrons. The van der Waals surface area contributed by atoms with E-state index in [4.69, 9.17) is 0 Å². The van der Waals surface area contributed by atoms with Crippen LogP contribution >= 0.6 is 0 Å². The quantitative estimate of drug-likeness (QED) is 0.511. The highest BCUT2D eigenvalue weighted by molar-refractivity contribution is 5.85. The largest absolute Gasteiger partial charge is 0.0654 e. The molecule has 0 saturated carbocycles. The van der Waals surface area contributed by atoms with Crippen LogP contribution in [0.15, 0.2) is 78.9 Å². The summed E-state index contributed by atoms with van der Waals surface area (Å²) >= 11 is 0. The van der Waals surface area contributed by atoms with Crippen molar-refractivity contribution in [2.75, 3.05) is 0 Å². The average Bonchev–Trinajstić information content (AvgIpc) is 2.61. The lowest BCUT2D eigenvalue weighted by atomic mass is 9.89. The number of hydrogen-bond acceptors (Lipinski definition) is 0. The summed E-state index contributed by atoms with van der Waals surface area (Å²) in [7, 11) is 0. The maximum Gasteiger partial charge on any atom is -0.00733 e. The van der Waals surface area contributed by atoms with Crippen LogP contribution in [0.3, 0.4) is 0 Å². The summed E-state index contributed by atoms with van der Waals surface area (Å²) in [5, 5.41) is 0. The van der Waals surface area contributed by atoms with Crippen LogP contribution in [0.2, 0.25) is 0 Å². The Balaban J connectivity index is 2.17. The summed E-state index contributed by atoms with van der Waals surface area (Å²) in [6.45, 7) is 2.25. The van der Waals surface area contributed by atoms with Crippen LogP contribution in [0.5, 0.6) is 0 Å². The Labute approximate surface area is 133 Å². The van der Waals surface area contributed by atoms with Gasteiger partial charge in [0.25, 0.3) is 0 Å². The van der Waals surface area contributed by atoms with Crippen LogP contribution in [0, 0.1) is 0 Å². The topological polar surface area (TPSA) is 0 Å². The molecule has 110 valence electrons. The van der Waals surface area contributed by atoms with E-state index in [0.29, 0.717) is 0 Å². The predicted octanol–water partition coefficient (Wildman–Crippen LogP) is 6.36. The molecule has 0 fully saturated rings. The molecule has 0 unspecified atom stereocenters. The van der Waals surface area contributed by atoms with E-state index in [1.165, 1.54) is 40.7 Å². The highest BCUT2D eigenvalue weighted by Crippen LogP contribution is 2.35. The Morgan fingerprint density at radius 2 is 1.27 bits per heavy atom. The minimum Gasteiger partial charge on any atom is -0.0654 e. The van der Waals surface area contributed by atoms with Gasteiger partial charge >= 0.3 is 0 Å². The number of unbranched alkanes of at least 4 members (excludes halogenated alkanes) is 1. The zero-order valence-electron chi connectivity index (χ0n) is 13.1. The second-order valence-corrected chi connectivity index (χ2v) is 5.68. The highest BCUT2D eigenvalue weighted by atomic mass is 14.2. The molecule has 0 aliphatic heterocycles. The van der Waals surface area contributed by atoms with Crippen LogP contribution in [-0.2, 0) is 6.42 Å². The van der Waals surface area contributed by atoms with Gasteiger partial charge in [0.15, 0.2) is 0 Å². The van der Waals surface area contributed by atoms with E-state index in [1.807, 2.05) is 0 Å². The summed E-state index contributed by atoms with van der Waals surface area (Å²) in [6.07, 6.45) is 3.60. The van der Waals surface area contributed by atoms with Crippen molar-refractivity contribution in [2.45, 2.75) is 26.2 Å². The van der Waals surface area contributed by atoms with Gasteiger partial charge in [-0.3, -0.25) is 0 Å². The van der Waals surface area contributed by atoms with Gasteiger partial charge in [0.05, 0.1) is 0 Å². The van der Waals surface area contributed by atoms with Gasteiger partial charge in [-0.05, 0) is 40.7 Å². The van der Waals surface area contributed by atoms with Crippen LogP contribution in [0.4, 0.5) is 0 Å². The lowest BCUT2D eigenvalue weighted by Crippen LogP contribution is -1.94. The third kappa shape index (κ3) is 3.12. The molecule has 0 N–H and O–H groups in total. The minimum atomic E-state index is 1.14. The number of hydrogen-bond donors (Lipinski definition) is 0. The Kier molecular flexibility index (Phi) is 4.70. The zero-order valence-corrected chi connectivity index (χ0v) is 13.1. The smallest absolute Gasteiger partial charge is 0.00733 e. The van der Waals surface area contributed by atoms with Crippen molar-refractivity contribution < 1.29 is 0 Å². The third-order valence-electron chi connectivity index (χ3n) is 4.10. The summed E-state index contributed by atoms with van der Waals surface area (Å²) < 4.78 is 0. The first-order valence-electron chi connectivity index (χ1n) is 8.13. The first-order chi connectivity index (χ1) is 10.9. The van der Waals surface area contributed by atoms with Gasteiger partial charge in [-0.1, -0.05) is 92.2 Å². The number of aryl methyl sites for hydroxylation is 1. The van der Waals surface area contributed by atoms with E-state index in [-0.39, 0.29) is 0 Å². The minimum absolute atomic E-state index is 1.14. The molecule has 0 aliphatic carbocycles. The molecular formula is C22H22. The molecule has 0 nitrogen and oxygen atoms in total. The fraction of sp³-hybridized carbons (Fsp3) is 0.182. The van der Waals surface area contributed by atoms with Crippen molar-refractivity contribution >= 4 is 0 Å². The van der Waals surface area contributed by atoms with Gasteiger partial charge in [-0.2, -0.15) is 0 Å². The molecule has 0 bridgehead atoms. The summed E-state index contributed by atoms with van der Waals surface area (Å²) in [5.74, 6) is 0. The SMILES string of the molecule is CCCCc1cccc(-c2ccccc2)c1-c1ccccc1. The molecule has 0 heteroatoms. The lowest BCUT2D eigenvalue weighted by molar-refractivity contribution is 0.796. The van der Waals surface area contributed by atoms with E-state index < -0.39 is 0 Å². The molecular weight excluding hydrogens is 264 g/mol. The van der Waals surface area contributed by atoms with Gasteiger partial charge in [0.2, 0.25) is 0 Å². The Bertz CT molecular complexity index is 712. The van der Waals surface area contributed by atoms with Gasteiger partial charge < -0.3 is 0 Å². The average molecular weight is 286 g/mol. The second-order valence-electron chi connectivity index (χ2n) is 5.68. The molecule has 0 aromatic heterocycles. The van der Waals surface area contributed by atoms with Crippen molar-refractivity contribution in [3.8, 4) is 22.3 Å². The maximum absolute atomic E-state index is 2.28. The normalized spacial score (nSPS) is 10.6. The molecule has 3 aromatic rings. The van der Waals surface area contributed by atoms with Crippen molar-refractivity contribution in [1.29, 1.82) is 0 Å². The Hall–Kier alpha value is -2.34. The van der Waals surface area contributed by atoms with E-state index in [2.05, 4.69) is 85.8 Å². The summed E-state index contributed by atoms with van der Waals surface area (Å²) in [6, 6.07) is 28.2. The molecule has 22 heavy (non-hydrogen) atoms. The van der Waals surface area contributed by atoms with Crippen LogP contribution in [0.25, 0.3) is 22.3 Å². The van der Waals surface area contributed by atoms with E-state index in [1.54, 1.807) is 0 Å². The molecule has 0 heterocycles. The van der Waals surface area contributed by atoms with Crippen LogP contribution < -0.4 is 0 Å². The van der Waals surface area contributed by atoms with E-state index >= 15 is 0 Å². The lowest BCUT2D eigenvalue weighted by Gasteiger charge is -2.15. The Morgan fingerprint density at radius 1 is 0.636 bits per heavy atom. The molecule has 0 saturated heterocycles. The van der Waals surface area contributed by atoms with Crippen molar-refractivity contribution in [3.63, 3.8) is 0 Å². The number of benzene rings is 3. The highest BCUT2D eigenvalue weighted by Gasteiger charge is 2.11. The molecule has 0 aliphatic rings. The van der Waals surface area contributed by atoms with E-state index in [0.717, 1.165) is 6.42 Å².